The van der Waals surface area contributed by atoms with E-state index in [0.29, 0.717) is 23.4 Å². The van der Waals surface area contributed by atoms with Crippen LogP contribution in [0.4, 0.5) is 4.39 Å². The molecule has 0 spiro atoms. The fourth-order valence-electron chi connectivity index (χ4n) is 2.47. The van der Waals surface area contributed by atoms with Gasteiger partial charge in [-0.3, -0.25) is 4.79 Å². The lowest BCUT2D eigenvalue weighted by atomic mass is 10.2. The number of carbonyl (C=O) groups is 1. The molecule has 0 radical (unpaired) electrons. The number of halogens is 1. The van der Waals surface area contributed by atoms with Crippen molar-refractivity contribution in [2.24, 2.45) is 0 Å². The van der Waals surface area contributed by atoms with E-state index in [0.717, 1.165) is 11.1 Å². The van der Waals surface area contributed by atoms with Crippen molar-refractivity contribution >= 4 is 17.7 Å². The minimum atomic E-state index is -0.424. The highest BCUT2D eigenvalue weighted by Crippen LogP contribution is 2.28. The lowest BCUT2D eigenvalue weighted by molar-refractivity contribution is -0.129. The second kappa shape index (κ2) is 7.74. The summed E-state index contributed by atoms with van der Waals surface area (Å²) >= 11 is 1.18. The second-order valence-electron chi connectivity index (χ2n) is 5.85. The van der Waals surface area contributed by atoms with Gasteiger partial charge in [0.25, 0.3) is 11.1 Å². The van der Waals surface area contributed by atoms with Gasteiger partial charge in [-0.2, -0.15) is 0 Å². The first kappa shape index (κ1) is 18.2. The third-order valence-corrected chi connectivity index (χ3v) is 4.73. The lowest BCUT2D eigenvalue weighted by Gasteiger charge is -2.20. The summed E-state index contributed by atoms with van der Waals surface area (Å²) in [4.78, 5) is 14.1. The molecule has 2 heterocycles. The van der Waals surface area contributed by atoms with E-state index in [4.69, 9.17) is 8.83 Å². The number of thioether (sulfide) groups is 1. The molecular weight excluding hydrogens is 357 g/mol. The van der Waals surface area contributed by atoms with E-state index < -0.39 is 5.25 Å². The maximum Gasteiger partial charge on any atom is 0.277 e. The first-order chi connectivity index (χ1) is 12.4. The van der Waals surface area contributed by atoms with Crippen molar-refractivity contribution in [3.63, 3.8) is 0 Å². The first-order valence-corrected chi connectivity index (χ1v) is 8.86. The molecule has 1 amide bonds. The molecule has 0 fully saturated rings. The molecule has 26 heavy (non-hydrogen) atoms. The Kier molecular flexibility index (Phi) is 5.41. The maximum absolute atomic E-state index is 13.3. The summed E-state index contributed by atoms with van der Waals surface area (Å²) in [5, 5.41) is 7.85. The molecule has 1 atom stereocenters. The van der Waals surface area contributed by atoms with E-state index in [9.17, 15) is 9.18 Å². The molecular formula is C18H18FN3O3S. The van der Waals surface area contributed by atoms with Crippen LogP contribution in [0.3, 0.4) is 0 Å². The monoisotopic (exact) mass is 375 g/mol. The minimum absolute atomic E-state index is 0.112. The highest BCUT2D eigenvalue weighted by molar-refractivity contribution is 8.00. The third kappa shape index (κ3) is 4.13. The standard InChI is InChI=1S/C18H18FN3O3S/c1-11-15(7-8-24-11)16-20-21-18(25-16)26-12(2)17(23)22(3)10-13-5-4-6-14(19)9-13/h4-9,12H,10H2,1-3H3. The van der Waals surface area contributed by atoms with Gasteiger partial charge in [0.15, 0.2) is 0 Å². The predicted octanol–water partition coefficient (Wildman–Crippen LogP) is 3.92. The predicted molar refractivity (Wildman–Crippen MR) is 94.9 cm³/mol. The molecule has 6 nitrogen and oxygen atoms in total. The van der Waals surface area contributed by atoms with E-state index in [2.05, 4.69) is 10.2 Å². The van der Waals surface area contributed by atoms with E-state index >= 15 is 0 Å². The topological polar surface area (TPSA) is 72.4 Å². The lowest BCUT2D eigenvalue weighted by Crippen LogP contribution is -2.32. The molecule has 0 saturated carbocycles. The van der Waals surface area contributed by atoms with Gasteiger partial charge < -0.3 is 13.7 Å². The number of nitrogens with zero attached hydrogens (tertiary/aromatic N) is 3. The first-order valence-electron chi connectivity index (χ1n) is 7.98. The molecule has 0 N–H and O–H groups in total. The molecule has 0 aliphatic heterocycles. The molecule has 3 rings (SSSR count). The van der Waals surface area contributed by atoms with Gasteiger partial charge in [-0.1, -0.05) is 23.9 Å². The van der Waals surface area contributed by atoms with Gasteiger partial charge in [-0.05, 0) is 37.6 Å². The van der Waals surface area contributed by atoms with Crippen molar-refractivity contribution in [3.05, 3.63) is 53.7 Å². The van der Waals surface area contributed by atoms with Gasteiger partial charge in [-0.15, -0.1) is 10.2 Å². The van der Waals surface area contributed by atoms with E-state index in [-0.39, 0.29) is 11.7 Å². The van der Waals surface area contributed by atoms with Crippen molar-refractivity contribution in [1.29, 1.82) is 0 Å². The summed E-state index contributed by atoms with van der Waals surface area (Å²) in [7, 11) is 1.68. The number of aromatic nitrogens is 2. The van der Waals surface area contributed by atoms with Gasteiger partial charge in [0.05, 0.1) is 17.1 Å². The average Bonchev–Trinajstić information content (AvgIpc) is 3.22. The average molecular weight is 375 g/mol. The quantitative estimate of drug-likeness (QED) is 0.608. The van der Waals surface area contributed by atoms with Crippen LogP contribution in [0.5, 0.6) is 0 Å². The zero-order chi connectivity index (χ0) is 18.7. The Labute approximate surface area is 154 Å². The second-order valence-corrected chi connectivity index (χ2v) is 7.14. The number of hydrogen-bond donors (Lipinski definition) is 0. The fourth-order valence-corrected chi connectivity index (χ4v) is 3.27. The van der Waals surface area contributed by atoms with Crippen LogP contribution in [0.15, 0.2) is 50.7 Å². The van der Waals surface area contributed by atoms with Crippen LogP contribution in [0, 0.1) is 12.7 Å². The molecule has 8 heteroatoms. The molecule has 1 unspecified atom stereocenters. The van der Waals surface area contributed by atoms with Crippen LogP contribution < -0.4 is 0 Å². The van der Waals surface area contributed by atoms with Crippen LogP contribution in [0.2, 0.25) is 0 Å². The SMILES string of the molecule is Cc1occc1-c1nnc(SC(C)C(=O)N(C)Cc2cccc(F)c2)o1. The number of amides is 1. The van der Waals surface area contributed by atoms with Gasteiger partial charge in [0, 0.05) is 13.6 Å². The summed E-state index contributed by atoms with van der Waals surface area (Å²) in [6, 6.07) is 7.94. The number of rotatable bonds is 6. The zero-order valence-electron chi connectivity index (χ0n) is 14.6. The minimum Gasteiger partial charge on any atom is -0.469 e. The van der Waals surface area contributed by atoms with Crippen molar-refractivity contribution in [3.8, 4) is 11.5 Å². The number of benzene rings is 1. The highest BCUT2D eigenvalue weighted by atomic mass is 32.2. The van der Waals surface area contributed by atoms with E-state index in [1.807, 2.05) is 0 Å². The van der Waals surface area contributed by atoms with Crippen LogP contribution >= 0.6 is 11.8 Å². The Morgan fingerprint density at radius 1 is 1.35 bits per heavy atom. The Balaban J connectivity index is 1.62. The van der Waals surface area contributed by atoms with Gasteiger partial charge >= 0.3 is 0 Å². The van der Waals surface area contributed by atoms with Gasteiger partial charge in [0.1, 0.15) is 11.6 Å². The summed E-state index contributed by atoms with van der Waals surface area (Å²) < 4.78 is 24.1. The Hall–Kier alpha value is -2.61. The molecule has 0 aliphatic rings. The molecule has 0 bridgehead atoms. The molecule has 3 aromatic rings. The van der Waals surface area contributed by atoms with Crippen LogP contribution in [0.1, 0.15) is 18.2 Å². The Morgan fingerprint density at radius 3 is 2.85 bits per heavy atom. The zero-order valence-corrected chi connectivity index (χ0v) is 15.4. The number of aryl methyl sites for hydroxylation is 1. The Morgan fingerprint density at radius 2 is 2.15 bits per heavy atom. The van der Waals surface area contributed by atoms with Crippen molar-refractivity contribution in [2.75, 3.05) is 7.05 Å². The number of carbonyl (C=O) groups excluding carboxylic acids is 1. The van der Waals surface area contributed by atoms with Gasteiger partial charge in [0.2, 0.25) is 5.91 Å². The van der Waals surface area contributed by atoms with Crippen molar-refractivity contribution in [2.45, 2.75) is 30.9 Å². The fraction of sp³-hybridized carbons (Fsp3) is 0.278. The van der Waals surface area contributed by atoms with Crippen LogP contribution in [-0.4, -0.2) is 33.3 Å². The van der Waals surface area contributed by atoms with Crippen LogP contribution in [0.25, 0.3) is 11.5 Å². The molecule has 1 aromatic carbocycles. The third-order valence-electron chi connectivity index (χ3n) is 3.81. The van der Waals surface area contributed by atoms with Gasteiger partial charge in [-0.25, -0.2) is 4.39 Å². The summed E-state index contributed by atoms with van der Waals surface area (Å²) in [6.45, 7) is 3.90. The van der Waals surface area contributed by atoms with Crippen LogP contribution in [-0.2, 0) is 11.3 Å². The Bertz CT molecular complexity index is 908. The summed E-state index contributed by atoms with van der Waals surface area (Å²) in [6.07, 6.45) is 1.55. The highest BCUT2D eigenvalue weighted by Gasteiger charge is 2.22. The smallest absolute Gasteiger partial charge is 0.277 e. The summed E-state index contributed by atoms with van der Waals surface area (Å²) in [5.74, 6) is 0.605. The van der Waals surface area contributed by atoms with E-state index in [1.165, 1.54) is 23.9 Å². The molecule has 0 saturated heterocycles. The molecule has 136 valence electrons. The summed E-state index contributed by atoms with van der Waals surface area (Å²) in [5.41, 5.74) is 1.46. The normalized spacial score (nSPS) is 12.2. The molecule has 0 aliphatic carbocycles. The molecule has 2 aromatic heterocycles. The largest absolute Gasteiger partial charge is 0.469 e. The van der Waals surface area contributed by atoms with Crippen molar-refractivity contribution < 1.29 is 18.0 Å². The maximum atomic E-state index is 13.3. The van der Waals surface area contributed by atoms with E-state index in [1.54, 1.807) is 50.3 Å². The number of hydrogen-bond acceptors (Lipinski definition) is 6. The van der Waals surface area contributed by atoms with Crippen molar-refractivity contribution in [1.82, 2.24) is 15.1 Å². The number of furan rings is 1.